The first-order valence-corrected chi connectivity index (χ1v) is 9.40. The average molecular weight is 357 g/mol. The molecular weight excluding hydrogens is 324 g/mol. The first-order valence-electron chi connectivity index (χ1n) is 9.40. The third kappa shape index (κ3) is 6.54. The molecule has 1 aliphatic rings. The Morgan fingerprint density at radius 1 is 1.19 bits per heavy atom. The van der Waals surface area contributed by atoms with E-state index in [2.05, 4.69) is 52.5 Å². The summed E-state index contributed by atoms with van der Waals surface area (Å²) in [4.78, 5) is 17.8. The third-order valence-corrected chi connectivity index (χ3v) is 4.77. The van der Waals surface area contributed by atoms with Crippen LogP contribution in [0, 0.1) is 0 Å². The molecule has 0 spiro atoms. The smallest absolute Gasteiger partial charge is 0.243 e. The molecule has 0 aliphatic heterocycles. The van der Waals surface area contributed by atoms with Crippen LogP contribution in [0.25, 0.3) is 0 Å². The van der Waals surface area contributed by atoms with E-state index in [1.54, 1.807) is 19.0 Å². The van der Waals surface area contributed by atoms with Gasteiger partial charge in [-0.1, -0.05) is 42.5 Å². The Morgan fingerprint density at radius 3 is 2.42 bits per heavy atom. The second kappa shape index (κ2) is 10.00. The summed E-state index contributed by atoms with van der Waals surface area (Å²) in [5, 5.41) is 6.78. The van der Waals surface area contributed by atoms with Crippen LogP contribution in [-0.4, -0.2) is 50.0 Å². The van der Waals surface area contributed by atoms with Crippen molar-refractivity contribution in [1.82, 2.24) is 15.5 Å². The maximum Gasteiger partial charge on any atom is 0.243 e. The number of guanidine groups is 1. The molecule has 1 saturated carbocycles. The second-order valence-electron chi connectivity index (χ2n) is 7.37. The first-order chi connectivity index (χ1) is 12.5. The van der Waals surface area contributed by atoms with Gasteiger partial charge in [-0.05, 0) is 44.1 Å². The van der Waals surface area contributed by atoms with Crippen molar-refractivity contribution in [2.75, 3.05) is 27.2 Å². The van der Waals surface area contributed by atoms with E-state index in [0.29, 0.717) is 24.5 Å². The normalized spacial score (nSPS) is 20.3. The molecule has 0 atom stereocenters. The highest BCUT2D eigenvalue weighted by molar-refractivity contribution is 5.85. The number of nitrogens with one attached hydrogen (secondary N) is 2. The molecule has 1 aromatic carbocycles. The molecular formula is C21H32N4O. The fraction of sp³-hybridized carbons (Fsp3) is 0.524. The molecule has 0 radical (unpaired) electrons. The van der Waals surface area contributed by atoms with E-state index >= 15 is 0 Å². The Morgan fingerprint density at radius 2 is 1.85 bits per heavy atom. The van der Waals surface area contributed by atoms with Crippen LogP contribution in [0.3, 0.4) is 0 Å². The molecule has 26 heavy (non-hydrogen) atoms. The second-order valence-corrected chi connectivity index (χ2v) is 7.37. The maximum absolute atomic E-state index is 11.8. The van der Waals surface area contributed by atoms with E-state index < -0.39 is 0 Å². The lowest BCUT2D eigenvalue weighted by molar-refractivity contribution is -0.127. The van der Waals surface area contributed by atoms with Gasteiger partial charge in [0.1, 0.15) is 6.54 Å². The van der Waals surface area contributed by atoms with Crippen LogP contribution >= 0.6 is 0 Å². The van der Waals surface area contributed by atoms with Crippen LogP contribution in [0.2, 0.25) is 0 Å². The molecule has 0 heterocycles. The van der Waals surface area contributed by atoms with Crippen molar-refractivity contribution in [3.63, 3.8) is 0 Å². The molecule has 0 bridgehead atoms. The van der Waals surface area contributed by atoms with Gasteiger partial charge in [0.15, 0.2) is 5.96 Å². The lowest BCUT2D eigenvalue weighted by Crippen LogP contribution is -2.45. The Hall–Kier alpha value is -2.30. The van der Waals surface area contributed by atoms with Crippen LogP contribution < -0.4 is 10.6 Å². The molecule has 0 saturated heterocycles. The van der Waals surface area contributed by atoms with E-state index in [0.717, 1.165) is 18.4 Å². The van der Waals surface area contributed by atoms with E-state index in [9.17, 15) is 4.79 Å². The number of rotatable bonds is 6. The highest BCUT2D eigenvalue weighted by Gasteiger charge is 2.23. The fourth-order valence-electron chi connectivity index (χ4n) is 3.16. The van der Waals surface area contributed by atoms with Crippen molar-refractivity contribution >= 4 is 11.9 Å². The van der Waals surface area contributed by atoms with Crippen LogP contribution in [-0.2, 0) is 4.79 Å². The molecule has 1 amide bonds. The van der Waals surface area contributed by atoms with Crippen LogP contribution in [0.15, 0.2) is 47.5 Å². The highest BCUT2D eigenvalue weighted by Crippen LogP contribution is 2.32. The van der Waals surface area contributed by atoms with Gasteiger partial charge in [-0.25, -0.2) is 4.99 Å². The summed E-state index contributed by atoms with van der Waals surface area (Å²) in [5.41, 5.74) is 2.48. The lowest BCUT2D eigenvalue weighted by Gasteiger charge is -2.30. The Labute approximate surface area is 157 Å². The van der Waals surface area contributed by atoms with Crippen molar-refractivity contribution in [3.8, 4) is 0 Å². The minimum Gasteiger partial charge on any atom is -0.354 e. The topological polar surface area (TPSA) is 56.7 Å². The molecule has 1 aliphatic carbocycles. The van der Waals surface area contributed by atoms with Gasteiger partial charge in [-0.2, -0.15) is 0 Å². The van der Waals surface area contributed by atoms with Crippen LogP contribution in [0.5, 0.6) is 0 Å². The molecule has 2 N–H and O–H groups in total. The van der Waals surface area contributed by atoms with Crippen LogP contribution in [0.4, 0.5) is 0 Å². The van der Waals surface area contributed by atoms with Gasteiger partial charge < -0.3 is 15.5 Å². The number of nitrogens with zero attached hydrogens (tertiary/aromatic N) is 2. The minimum absolute atomic E-state index is 0.00536. The average Bonchev–Trinajstić information content (AvgIpc) is 2.64. The number of carbonyl (C=O) groups excluding carboxylic acids is 1. The Bertz CT molecular complexity index is 616. The zero-order chi connectivity index (χ0) is 18.9. The van der Waals surface area contributed by atoms with Crippen LogP contribution in [0.1, 0.15) is 44.1 Å². The SMILES string of the molecule is C=C(C)CNC(=NCC(=O)N(C)C)NC1CCC(c2ccccc2)CC1. The van der Waals surface area contributed by atoms with Gasteiger partial charge in [0.2, 0.25) is 5.91 Å². The Balaban J connectivity index is 1.90. The van der Waals surface area contributed by atoms with Crippen molar-refractivity contribution < 1.29 is 4.79 Å². The van der Waals surface area contributed by atoms with Gasteiger partial charge in [0.25, 0.3) is 0 Å². The molecule has 1 aromatic rings. The molecule has 5 heteroatoms. The predicted octanol–water partition coefficient (Wildman–Crippen LogP) is 2.91. The summed E-state index contributed by atoms with van der Waals surface area (Å²) in [5.74, 6) is 1.34. The molecule has 5 nitrogen and oxygen atoms in total. The molecule has 2 rings (SSSR count). The molecule has 1 fully saturated rings. The number of benzene rings is 1. The zero-order valence-electron chi connectivity index (χ0n) is 16.3. The predicted molar refractivity (Wildman–Crippen MR) is 108 cm³/mol. The van der Waals surface area contributed by atoms with Gasteiger partial charge in [0, 0.05) is 26.7 Å². The van der Waals surface area contributed by atoms with E-state index in [-0.39, 0.29) is 12.5 Å². The lowest BCUT2D eigenvalue weighted by atomic mass is 9.82. The first kappa shape index (κ1) is 20.0. The summed E-state index contributed by atoms with van der Waals surface area (Å²) >= 11 is 0. The number of hydrogen-bond acceptors (Lipinski definition) is 2. The number of amides is 1. The minimum atomic E-state index is -0.00536. The van der Waals surface area contributed by atoms with Crippen molar-refractivity contribution in [2.24, 2.45) is 4.99 Å². The standard InChI is InChI=1S/C21H32N4O/c1-16(2)14-22-21(23-15-20(26)25(3)4)24-19-12-10-18(11-13-19)17-8-6-5-7-9-17/h5-9,18-19H,1,10-15H2,2-4H3,(H2,22,23,24). The summed E-state index contributed by atoms with van der Waals surface area (Å²) in [6.07, 6.45) is 4.56. The quantitative estimate of drug-likeness (QED) is 0.468. The van der Waals surface area contributed by atoms with Gasteiger partial charge in [0.05, 0.1) is 0 Å². The Kier molecular flexibility index (Phi) is 7.70. The van der Waals surface area contributed by atoms with Gasteiger partial charge >= 0.3 is 0 Å². The fourth-order valence-corrected chi connectivity index (χ4v) is 3.16. The van der Waals surface area contributed by atoms with Crippen molar-refractivity contribution in [2.45, 2.75) is 44.6 Å². The largest absolute Gasteiger partial charge is 0.354 e. The zero-order valence-corrected chi connectivity index (χ0v) is 16.3. The number of carbonyl (C=O) groups is 1. The highest BCUT2D eigenvalue weighted by atomic mass is 16.2. The molecule has 0 aromatic heterocycles. The van der Waals surface area contributed by atoms with Gasteiger partial charge in [-0.3, -0.25) is 4.79 Å². The number of aliphatic imine (C=N–C) groups is 1. The van der Waals surface area contributed by atoms with E-state index in [1.165, 1.54) is 18.4 Å². The summed E-state index contributed by atoms with van der Waals surface area (Å²) < 4.78 is 0. The van der Waals surface area contributed by atoms with Crippen molar-refractivity contribution in [3.05, 3.63) is 48.0 Å². The summed E-state index contributed by atoms with van der Waals surface area (Å²) in [6, 6.07) is 11.2. The summed E-state index contributed by atoms with van der Waals surface area (Å²) in [6.45, 7) is 6.70. The van der Waals surface area contributed by atoms with Gasteiger partial charge in [-0.15, -0.1) is 0 Å². The van der Waals surface area contributed by atoms with E-state index in [4.69, 9.17) is 0 Å². The summed E-state index contributed by atoms with van der Waals surface area (Å²) in [7, 11) is 3.49. The third-order valence-electron chi connectivity index (χ3n) is 4.77. The van der Waals surface area contributed by atoms with E-state index in [1.807, 2.05) is 6.92 Å². The number of likely N-dealkylation sites (N-methyl/N-ethyl adjacent to an activating group) is 1. The monoisotopic (exact) mass is 356 g/mol. The van der Waals surface area contributed by atoms with Crippen molar-refractivity contribution in [1.29, 1.82) is 0 Å². The molecule has 0 unspecified atom stereocenters. The molecule has 142 valence electrons. The number of hydrogen-bond donors (Lipinski definition) is 2. The maximum atomic E-state index is 11.8.